The lowest BCUT2D eigenvalue weighted by Gasteiger charge is -2.32. The smallest absolute Gasteiger partial charge is 0.224 e. The third kappa shape index (κ3) is 5.64. The predicted molar refractivity (Wildman–Crippen MR) is 95.5 cm³/mol. The number of nitrogens with zero attached hydrogens (tertiary/aromatic N) is 1. The van der Waals surface area contributed by atoms with Crippen LogP contribution in [-0.4, -0.2) is 42.9 Å². The van der Waals surface area contributed by atoms with Gasteiger partial charge >= 0.3 is 0 Å². The zero-order chi connectivity index (χ0) is 17.4. The fourth-order valence-electron chi connectivity index (χ4n) is 3.11. The molecular weight excluding hydrogens is 302 g/mol. The molecule has 1 aromatic rings. The second-order valence-corrected chi connectivity index (χ2v) is 6.60. The molecule has 1 aliphatic rings. The maximum Gasteiger partial charge on any atom is 0.224 e. The van der Waals surface area contributed by atoms with Crippen molar-refractivity contribution in [3.63, 3.8) is 0 Å². The summed E-state index contributed by atoms with van der Waals surface area (Å²) in [6.07, 6.45) is 4.06. The molecule has 24 heavy (non-hydrogen) atoms. The highest BCUT2D eigenvalue weighted by atomic mass is 16.2. The highest BCUT2D eigenvalue weighted by Crippen LogP contribution is 2.18. The minimum absolute atomic E-state index is 0.0256. The largest absolute Gasteiger partial charge is 0.355 e. The van der Waals surface area contributed by atoms with Crippen LogP contribution in [0.5, 0.6) is 0 Å². The van der Waals surface area contributed by atoms with Gasteiger partial charge in [0.15, 0.2) is 0 Å². The molecule has 5 heteroatoms. The summed E-state index contributed by atoms with van der Waals surface area (Å²) < 4.78 is 0. The number of rotatable bonds is 7. The minimum atomic E-state index is -0.0913. The zero-order valence-corrected chi connectivity index (χ0v) is 14.6. The van der Waals surface area contributed by atoms with E-state index in [0.717, 1.165) is 32.2 Å². The molecule has 0 aliphatic carbocycles. The fourth-order valence-corrected chi connectivity index (χ4v) is 3.11. The number of likely N-dealkylation sites (tertiary alicyclic amines) is 1. The lowest BCUT2D eigenvalue weighted by atomic mass is 9.96. The van der Waals surface area contributed by atoms with Crippen LogP contribution < -0.4 is 11.1 Å². The van der Waals surface area contributed by atoms with Crippen molar-refractivity contribution in [1.82, 2.24) is 10.2 Å². The van der Waals surface area contributed by atoms with Crippen LogP contribution in [0.2, 0.25) is 0 Å². The van der Waals surface area contributed by atoms with Crippen LogP contribution in [0.15, 0.2) is 24.3 Å². The van der Waals surface area contributed by atoms with E-state index in [0.29, 0.717) is 26.1 Å². The Morgan fingerprint density at radius 1 is 1.29 bits per heavy atom. The summed E-state index contributed by atoms with van der Waals surface area (Å²) in [5.41, 5.74) is 7.94. The normalized spacial score (nSPS) is 17.6. The Balaban J connectivity index is 1.75. The second kappa shape index (κ2) is 9.42. The molecule has 0 aromatic heterocycles. The summed E-state index contributed by atoms with van der Waals surface area (Å²) in [6.45, 7) is 4.33. The van der Waals surface area contributed by atoms with Gasteiger partial charge in [0.1, 0.15) is 0 Å². The van der Waals surface area contributed by atoms with Gasteiger partial charge in [0.2, 0.25) is 11.8 Å². The number of piperidine rings is 1. The average Bonchev–Trinajstić information content (AvgIpc) is 2.61. The quantitative estimate of drug-likeness (QED) is 0.797. The molecule has 1 atom stereocenters. The van der Waals surface area contributed by atoms with Gasteiger partial charge in [0.05, 0.1) is 5.92 Å². The van der Waals surface area contributed by atoms with E-state index < -0.39 is 0 Å². The lowest BCUT2D eigenvalue weighted by molar-refractivity contribution is -0.135. The molecule has 0 spiro atoms. The van der Waals surface area contributed by atoms with Gasteiger partial charge < -0.3 is 16.0 Å². The summed E-state index contributed by atoms with van der Waals surface area (Å²) in [6, 6.07) is 8.45. The number of carbonyl (C=O) groups excluding carboxylic acids is 2. The molecule has 1 unspecified atom stereocenters. The molecule has 1 saturated heterocycles. The van der Waals surface area contributed by atoms with Crippen LogP contribution in [0.3, 0.4) is 0 Å². The Morgan fingerprint density at radius 3 is 2.75 bits per heavy atom. The van der Waals surface area contributed by atoms with E-state index in [4.69, 9.17) is 5.73 Å². The van der Waals surface area contributed by atoms with Crippen LogP contribution in [0, 0.1) is 12.8 Å². The van der Waals surface area contributed by atoms with Crippen molar-refractivity contribution < 1.29 is 9.59 Å². The van der Waals surface area contributed by atoms with Gasteiger partial charge in [-0.3, -0.25) is 9.59 Å². The molecule has 3 N–H and O–H groups in total. The van der Waals surface area contributed by atoms with E-state index in [1.165, 1.54) is 11.1 Å². The van der Waals surface area contributed by atoms with Crippen molar-refractivity contribution in [3.8, 4) is 0 Å². The molecule has 0 saturated carbocycles. The van der Waals surface area contributed by atoms with Crippen LogP contribution in [0.1, 0.15) is 36.8 Å². The first kappa shape index (κ1) is 18.5. The minimum Gasteiger partial charge on any atom is -0.355 e. The Bertz CT molecular complexity index is 542. The van der Waals surface area contributed by atoms with Crippen molar-refractivity contribution in [2.24, 2.45) is 11.7 Å². The van der Waals surface area contributed by atoms with Crippen molar-refractivity contribution in [3.05, 3.63) is 35.4 Å². The van der Waals surface area contributed by atoms with Crippen LogP contribution >= 0.6 is 0 Å². The highest BCUT2D eigenvalue weighted by molar-refractivity contribution is 5.81. The Kier molecular flexibility index (Phi) is 7.25. The molecule has 2 rings (SSSR count). The molecule has 1 fully saturated rings. The summed E-state index contributed by atoms with van der Waals surface area (Å²) >= 11 is 0. The first-order valence-corrected chi connectivity index (χ1v) is 8.91. The van der Waals surface area contributed by atoms with E-state index in [9.17, 15) is 9.59 Å². The monoisotopic (exact) mass is 331 g/mol. The number of aryl methyl sites for hydroxylation is 2. The van der Waals surface area contributed by atoms with Gasteiger partial charge in [0, 0.05) is 32.6 Å². The van der Waals surface area contributed by atoms with Crippen LogP contribution in [-0.2, 0) is 16.0 Å². The summed E-state index contributed by atoms with van der Waals surface area (Å²) in [4.78, 5) is 26.3. The molecule has 1 aromatic carbocycles. The van der Waals surface area contributed by atoms with E-state index in [-0.39, 0.29) is 17.7 Å². The maximum absolute atomic E-state index is 12.4. The fraction of sp³-hybridized carbons (Fsp3) is 0.579. The Labute approximate surface area is 144 Å². The summed E-state index contributed by atoms with van der Waals surface area (Å²) in [7, 11) is 0. The van der Waals surface area contributed by atoms with Crippen molar-refractivity contribution >= 4 is 11.8 Å². The topological polar surface area (TPSA) is 75.4 Å². The average molecular weight is 331 g/mol. The van der Waals surface area contributed by atoms with Gasteiger partial charge in [-0.15, -0.1) is 0 Å². The number of benzene rings is 1. The highest BCUT2D eigenvalue weighted by Gasteiger charge is 2.27. The number of hydrogen-bond acceptors (Lipinski definition) is 3. The Hall–Kier alpha value is -1.88. The van der Waals surface area contributed by atoms with E-state index >= 15 is 0 Å². The number of carbonyl (C=O) groups is 2. The van der Waals surface area contributed by atoms with Gasteiger partial charge in [-0.1, -0.05) is 29.8 Å². The predicted octanol–water partition coefficient (Wildman–Crippen LogP) is 1.63. The first-order valence-electron chi connectivity index (χ1n) is 8.91. The summed E-state index contributed by atoms with van der Waals surface area (Å²) in [5.74, 6) is 0.0994. The molecule has 132 valence electrons. The van der Waals surface area contributed by atoms with Crippen LogP contribution in [0.25, 0.3) is 0 Å². The molecule has 5 nitrogen and oxygen atoms in total. The second-order valence-electron chi connectivity index (χ2n) is 6.60. The lowest BCUT2D eigenvalue weighted by Crippen LogP contribution is -2.46. The SMILES string of the molecule is Cc1ccc(CCCC(=O)N2CCCC(C(=O)NCCN)C2)cc1. The Morgan fingerprint density at radius 2 is 2.04 bits per heavy atom. The van der Waals surface area contributed by atoms with Crippen molar-refractivity contribution in [1.29, 1.82) is 0 Å². The number of nitrogens with two attached hydrogens (primary N) is 1. The third-order valence-electron chi connectivity index (χ3n) is 4.57. The number of amides is 2. The van der Waals surface area contributed by atoms with Gasteiger partial charge in [-0.2, -0.15) is 0 Å². The molecule has 0 bridgehead atoms. The zero-order valence-electron chi connectivity index (χ0n) is 14.6. The molecule has 1 heterocycles. The number of hydrogen-bond donors (Lipinski definition) is 2. The van der Waals surface area contributed by atoms with E-state index in [1.807, 2.05) is 4.90 Å². The van der Waals surface area contributed by atoms with Crippen LogP contribution in [0.4, 0.5) is 0 Å². The molecule has 2 amide bonds. The van der Waals surface area contributed by atoms with Crippen molar-refractivity contribution in [2.45, 2.75) is 39.0 Å². The molecular formula is C19H29N3O2. The van der Waals surface area contributed by atoms with Gasteiger partial charge in [-0.25, -0.2) is 0 Å². The standard InChI is InChI=1S/C19H29N3O2/c1-15-7-9-16(10-8-15)4-2-6-18(23)22-13-3-5-17(14-22)19(24)21-12-11-20/h7-10,17H,2-6,11-14,20H2,1H3,(H,21,24). The first-order chi connectivity index (χ1) is 11.6. The van der Waals surface area contributed by atoms with Gasteiger partial charge in [0.25, 0.3) is 0 Å². The van der Waals surface area contributed by atoms with Gasteiger partial charge in [-0.05, 0) is 38.2 Å². The maximum atomic E-state index is 12.4. The van der Waals surface area contributed by atoms with E-state index in [2.05, 4.69) is 36.5 Å². The molecule has 1 aliphatic heterocycles. The van der Waals surface area contributed by atoms with Crippen molar-refractivity contribution in [2.75, 3.05) is 26.2 Å². The molecule has 0 radical (unpaired) electrons. The number of nitrogens with one attached hydrogen (secondary N) is 1. The third-order valence-corrected chi connectivity index (χ3v) is 4.57. The van der Waals surface area contributed by atoms with E-state index in [1.54, 1.807) is 0 Å². The summed E-state index contributed by atoms with van der Waals surface area (Å²) in [5, 5.41) is 2.83.